The highest BCUT2D eigenvalue weighted by Crippen LogP contribution is 2.36. The topological polar surface area (TPSA) is 23.8 Å². The van der Waals surface area contributed by atoms with E-state index in [-0.39, 0.29) is 0 Å². The Morgan fingerprint density at radius 2 is 2.11 bits per heavy atom. The summed E-state index contributed by atoms with van der Waals surface area (Å²) < 4.78 is 1.16. The summed E-state index contributed by atoms with van der Waals surface area (Å²) in [6, 6.07) is 12.4. The van der Waals surface area contributed by atoms with Crippen LogP contribution in [-0.4, -0.2) is 0 Å². The summed E-state index contributed by atoms with van der Waals surface area (Å²) in [6.07, 6.45) is 4.19. The number of nitrogens with zero attached hydrogens (tertiary/aromatic N) is 1. The summed E-state index contributed by atoms with van der Waals surface area (Å²) in [4.78, 5) is 2.00. The zero-order valence-corrected chi connectivity index (χ0v) is 11.9. The van der Waals surface area contributed by atoms with E-state index in [4.69, 9.17) is 5.26 Å². The van der Waals surface area contributed by atoms with Crippen molar-refractivity contribution in [2.75, 3.05) is 0 Å². The number of rotatable bonds is 3. The zero-order chi connectivity index (χ0) is 13.0. The lowest BCUT2D eigenvalue weighted by Gasteiger charge is -2.07. The van der Waals surface area contributed by atoms with Gasteiger partial charge in [0.15, 0.2) is 0 Å². The van der Waals surface area contributed by atoms with Crippen LogP contribution < -0.4 is 0 Å². The summed E-state index contributed by atoms with van der Waals surface area (Å²) >= 11 is 3.26. The summed E-state index contributed by atoms with van der Waals surface area (Å²) in [5.74, 6) is 0. The van der Waals surface area contributed by atoms with E-state index in [0.717, 1.165) is 9.09 Å². The van der Waals surface area contributed by atoms with Crippen molar-refractivity contribution in [3.8, 4) is 6.07 Å². The molecule has 1 heterocycles. The molecule has 0 amide bonds. The molecule has 0 bridgehead atoms. The molecule has 0 radical (unpaired) electrons. The van der Waals surface area contributed by atoms with Crippen LogP contribution in [0.4, 0.5) is 0 Å². The highest BCUT2D eigenvalue weighted by molar-refractivity contribution is 8.01. The molecule has 0 unspecified atom stereocenters. The number of hydrogen-bond acceptors (Lipinski definition) is 3. The molecule has 1 nitrogen and oxygen atoms in total. The van der Waals surface area contributed by atoms with Gasteiger partial charge in [-0.25, -0.2) is 0 Å². The van der Waals surface area contributed by atoms with Crippen LogP contribution in [-0.2, 0) is 0 Å². The quantitative estimate of drug-likeness (QED) is 0.774. The molecular weight excluding hydrogens is 258 g/mol. The van der Waals surface area contributed by atoms with Crippen molar-refractivity contribution in [1.29, 1.82) is 5.26 Å². The summed E-state index contributed by atoms with van der Waals surface area (Å²) in [5, 5.41) is 8.84. The third-order valence-corrected chi connectivity index (χ3v) is 4.72. The Morgan fingerprint density at radius 1 is 1.28 bits per heavy atom. The minimum absolute atomic E-state index is 0.762. The summed E-state index contributed by atoms with van der Waals surface area (Å²) in [6.45, 7) is 4.15. The van der Waals surface area contributed by atoms with Gasteiger partial charge in [-0.1, -0.05) is 36.0 Å². The van der Waals surface area contributed by atoms with Gasteiger partial charge in [0.1, 0.15) is 10.9 Å². The number of thiophene rings is 1. The average Bonchev–Trinajstić information content (AvgIpc) is 2.81. The van der Waals surface area contributed by atoms with Gasteiger partial charge in [-0.05, 0) is 43.2 Å². The molecule has 2 aromatic rings. The maximum absolute atomic E-state index is 8.84. The predicted octanol–water partition coefficient (Wildman–Crippen LogP) is 5.11. The van der Waals surface area contributed by atoms with Gasteiger partial charge in [-0.15, -0.1) is 11.3 Å². The van der Waals surface area contributed by atoms with Gasteiger partial charge < -0.3 is 0 Å². The molecule has 3 heteroatoms. The van der Waals surface area contributed by atoms with Crippen LogP contribution in [0, 0.1) is 18.3 Å². The maximum Gasteiger partial charge on any atom is 0.110 e. The van der Waals surface area contributed by atoms with Crippen LogP contribution in [0.1, 0.15) is 22.9 Å². The fourth-order valence-electron chi connectivity index (χ4n) is 1.67. The van der Waals surface area contributed by atoms with Crippen molar-refractivity contribution < 1.29 is 0 Å². The van der Waals surface area contributed by atoms with Gasteiger partial charge in [0, 0.05) is 4.90 Å². The molecule has 1 aromatic carbocycles. The Labute approximate surface area is 116 Å². The van der Waals surface area contributed by atoms with Gasteiger partial charge >= 0.3 is 0 Å². The number of benzene rings is 1. The largest absolute Gasteiger partial charge is 0.192 e. The van der Waals surface area contributed by atoms with Crippen molar-refractivity contribution in [2.24, 2.45) is 0 Å². The molecule has 1 aromatic heterocycles. The lowest BCUT2D eigenvalue weighted by atomic mass is 10.1. The van der Waals surface area contributed by atoms with E-state index in [1.165, 1.54) is 27.4 Å². The Hall–Kier alpha value is -1.50. The minimum atomic E-state index is 0.762. The number of aryl methyl sites for hydroxylation is 1. The summed E-state index contributed by atoms with van der Waals surface area (Å²) in [7, 11) is 0. The minimum Gasteiger partial charge on any atom is -0.192 e. The van der Waals surface area contributed by atoms with Crippen LogP contribution in [0.2, 0.25) is 0 Å². The molecule has 0 saturated heterocycles. The van der Waals surface area contributed by atoms with Gasteiger partial charge in [0.25, 0.3) is 0 Å². The van der Waals surface area contributed by atoms with E-state index in [2.05, 4.69) is 43.3 Å². The molecule has 0 aliphatic heterocycles. The van der Waals surface area contributed by atoms with Crippen LogP contribution in [0.15, 0.2) is 45.5 Å². The zero-order valence-electron chi connectivity index (χ0n) is 10.3. The molecular formula is C15H13NS2. The van der Waals surface area contributed by atoms with Crippen molar-refractivity contribution in [2.45, 2.75) is 23.0 Å². The number of hydrogen-bond donors (Lipinski definition) is 0. The van der Waals surface area contributed by atoms with Crippen LogP contribution in [0.3, 0.4) is 0 Å². The Morgan fingerprint density at radius 3 is 2.78 bits per heavy atom. The van der Waals surface area contributed by atoms with Crippen LogP contribution >= 0.6 is 23.1 Å². The van der Waals surface area contributed by atoms with E-state index < -0.39 is 0 Å². The normalized spacial score (nSPS) is 10.7. The van der Waals surface area contributed by atoms with Crippen LogP contribution in [0.5, 0.6) is 0 Å². The first-order valence-corrected chi connectivity index (χ1v) is 7.28. The third kappa shape index (κ3) is 2.84. The van der Waals surface area contributed by atoms with E-state index in [1.807, 2.05) is 19.1 Å². The monoisotopic (exact) mass is 271 g/mol. The average molecular weight is 271 g/mol. The lowest BCUT2D eigenvalue weighted by molar-refractivity contribution is 1.32. The molecule has 0 N–H and O–H groups in total. The molecule has 0 aliphatic carbocycles. The second-order valence-electron chi connectivity index (χ2n) is 3.82. The molecule has 0 aliphatic rings. The van der Waals surface area contributed by atoms with Crippen molar-refractivity contribution in [1.82, 2.24) is 0 Å². The Balaban J connectivity index is 2.34. The Bertz CT molecular complexity index is 618. The van der Waals surface area contributed by atoms with Crippen LogP contribution in [0.25, 0.3) is 6.08 Å². The standard InChI is InChI=1S/C15H13NS2/c1-3-5-13-11(2)6-4-7-14(13)18-15-9-8-12(10-16)17-15/h3-9H,1-2H3/b5-3-. The third-order valence-electron chi connectivity index (χ3n) is 2.52. The molecule has 18 heavy (non-hydrogen) atoms. The number of nitriles is 1. The molecule has 90 valence electrons. The Kier molecular flexibility index (Phi) is 4.24. The first kappa shape index (κ1) is 12.9. The van der Waals surface area contributed by atoms with Gasteiger partial charge in [0.2, 0.25) is 0 Å². The smallest absolute Gasteiger partial charge is 0.110 e. The molecule has 0 spiro atoms. The first-order chi connectivity index (χ1) is 8.74. The van der Waals surface area contributed by atoms with E-state index in [1.54, 1.807) is 11.8 Å². The molecule has 2 rings (SSSR count). The fraction of sp³-hybridized carbons (Fsp3) is 0.133. The highest BCUT2D eigenvalue weighted by Gasteiger charge is 2.06. The van der Waals surface area contributed by atoms with Gasteiger partial charge in [-0.2, -0.15) is 5.26 Å². The van der Waals surface area contributed by atoms with E-state index in [0.29, 0.717) is 0 Å². The lowest BCUT2D eigenvalue weighted by Crippen LogP contribution is -1.84. The SMILES string of the molecule is C/C=C\c1c(C)cccc1Sc1ccc(C#N)s1. The van der Waals surface area contributed by atoms with Gasteiger partial charge in [0.05, 0.1) is 4.21 Å². The molecule has 0 fully saturated rings. The van der Waals surface area contributed by atoms with Crippen molar-refractivity contribution in [3.63, 3.8) is 0 Å². The second-order valence-corrected chi connectivity index (χ2v) is 6.25. The molecule has 0 atom stereocenters. The second kappa shape index (κ2) is 5.90. The summed E-state index contributed by atoms with van der Waals surface area (Å²) in [5.41, 5.74) is 2.53. The van der Waals surface area contributed by atoms with E-state index >= 15 is 0 Å². The predicted molar refractivity (Wildman–Crippen MR) is 79.0 cm³/mol. The van der Waals surface area contributed by atoms with Crippen molar-refractivity contribution in [3.05, 3.63) is 52.4 Å². The van der Waals surface area contributed by atoms with Crippen molar-refractivity contribution >= 4 is 29.2 Å². The molecule has 0 saturated carbocycles. The van der Waals surface area contributed by atoms with E-state index in [9.17, 15) is 0 Å². The highest BCUT2D eigenvalue weighted by atomic mass is 32.2. The first-order valence-electron chi connectivity index (χ1n) is 5.64. The van der Waals surface area contributed by atoms with Gasteiger partial charge in [-0.3, -0.25) is 0 Å². The maximum atomic E-state index is 8.84. The fourth-order valence-corrected chi connectivity index (χ4v) is 3.74. The number of allylic oxidation sites excluding steroid dienone is 1.